The van der Waals surface area contributed by atoms with E-state index < -0.39 is 10.8 Å². The van der Waals surface area contributed by atoms with E-state index in [1.165, 1.54) is 22.9 Å². The van der Waals surface area contributed by atoms with E-state index in [4.69, 9.17) is 5.84 Å². The summed E-state index contributed by atoms with van der Waals surface area (Å²) in [6.07, 6.45) is 0. The lowest BCUT2D eigenvalue weighted by atomic mass is 10.1. The van der Waals surface area contributed by atoms with E-state index in [9.17, 15) is 14.9 Å². The minimum atomic E-state index is -0.548. The first-order chi connectivity index (χ1) is 13.0. The second-order valence-corrected chi connectivity index (χ2v) is 6.54. The number of benzene rings is 2. The highest BCUT2D eigenvalue weighted by Gasteiger charge is 2.17. The molecule has 3 aromatic rings. The van der Waals surface area contributed by atoms with Crippen LogP contribution in [0.1, 0.15) is 5.56 Å². The fraction of sp³-hybridized carbons (Fsp3) is 0.118. The molecule has 0 atom stereocenters. The van der Waals surface area contributed by atoms with Crippen LogP contribution in [0.2, 0.25) is 0 Å². The number of anilines is 1. The van der Waals surface area contributed by atoms with Gasteiger partial charge in [-0.2, -0.15) is 0 Å². The van der Waals surface area contributed by atoms with Crippen molar-refractivity contribution in [2.45, 2.75) is 12.1 Å². The number of nitro groups is 1. The van der Waals surface area contributed by atoms with Crippen molar-refractivity contribution in [2.24, 2.45) is 0 Å². The van der Waals surface area contributed by atoms with Crippen molar-refractivity contribution < 1.29 is 9.72 Å². The first kappa shape index (κ1) is 18.4. The summed E-state index contributed by atoms with van der Waals surface area (Å²) in [5, 5.41) is 22.0. The highest BCUT2D eigenvalue weighted by atomic mass is 32.2. The number of aromatic nitrogens is 3. The number of amides is 1. The number of hydrogen-bond acceptors (Lipinski definition) is 7. The van der Waals surface area contributed by atoms with Gasteiger partial charge in [0.25, 0.3) is 5.69 Å². The number of thioether (sulfide) groups is 1. The molecule has 3 rings (SSSR count). The number of nitro benzene ring substituents is 1. The molecule has 0 spiro atoms. The standard InChI is InChI=1S/C17H16N6O3S/c1-11-6-2-3-7-12(11)16-20-21-17(22(16)18)27-10-15(24)19-13-8-4-5-9-14(13)23(25)26/h2-9H,10,18H2,1H3,(H,19,24). The molecule has 0 aliphatic heterocycles. The Hall–Kier alpha value is -3.40. The average Bonchev–Trinajstić information content (AvgIpc) is 3.01. The van der Waals surface area contributed by atoms with Crippen molar-refractivity contribution in [3.8, 4) is 11.4 Å². The van der Waals surface area contributed by atoms with Gasteiger partial charge in [-0.25, -0.2) is 4.68 Å². The molecule has 0 unspecified atom stereocenters. The molecule has 1 aromatic heterocycles. The maximum absolute atomic E-state index is 12.1. The van der Waals surface area contributed by atoms with Gasteiger partial charge in [0.1, 0.15) is 5.69 Å². The van der Waals surface area contributed by atoms with Crippen molar-refractivity contribution in [3.05, 3.63) is 64.2 Å². The smallest absolute Gasteiger partial charge is 0.292 e. The lowest BCUT2D eigenvalue weighted by molar-refractivity contribution is -0.383. The van der Waals surface area contributed by atoms with Gasteiger partial charge in [0.05, 0.1) is 10.7 Å². The number of nitrogen functional groups attached to an aromatic ring is 1. The highest BCUT2D eigenvalue weighted by Crippen LogP contribution is 2.26. The molecule has 2 aromatic carbocycles. The van der Waals surface area contributed by atoms with Crippen molar-refractivity contribution >= 4 is 29.0 Å². The molecule has 1 amide bonds. The summed E-state index contributed by atoms with van der Waals surface area (Å²) in [5.41, 5.74) is 1.83. The third-order valence-electron chi connectivity index (χ3n) is 3.76. The monoisotopic (exact) mass is 384 g/mol. The molecular weight excluding hydrogens is 368 g/mol. The van der Waals surface area contributed by atoms with E-state index in [2.05, 4.69) is 15.5 Å². The van der Waals surface area contributed by atoms with E-state index >= 15 is 0 Å². The van der Waals surface area contributed by atoms with Crippen LogP contribution in [0.4, 0.5) is 11.4 Å². The third-order valence-corrected chi connectivity index (χ3v) is 4.70. The molecule has 0 aliphatic carbocycles. The second-order valence-electron chi connectivity index (χ2n) is 5.60. The molecule has 3 N–H and O–H groups in total. The van der Waals surface area contributed by atoms with Gasteiger partial charge in [0, 0.05) is 11.6 Å². The van der Waals surface area contributed by atoms with Crippen molar-refractivity contribution in [2.75, 3.05) is 16.9 Å². The van der Waals surface area contributed by atoms with Gasteiger partial charge in [-0.1, -0.05) is 48.2 Å². The van der Waals surface area contributed by atoms with E-state index in [1.54, 1.807) is 6.07 Å². The molecule has 9 nitrogen and oxygen atoms in total. The van der Waals surface area contributed by atoms with Crippen molar-refractivity contribution in [1.82, 2.24) is 14.9 Å². The summed E-state index contributed by atoms with van der Waals surface area (Å²) in [7, 11) is 0. The molecule has 0 saturated heterocycles. The van der Waals surface area contributed by atoms with Gasteiger partial charge in [-0.3, -0.25) is 14.9 Å². The fourth-order valence-electron chi connectivity index (χ4n) is 2.44. The topological polar surface area (TPSA) is 129 Å². The summed E-state index contributed by atoms with van der Waals surface area (Å²) >= 11 is 1.09. The molecule has 27 heavy (non-hydrogen) atoms. The molecular formula is C17H16N6O3S. The predicted molar refractivity (Wildman–Crippen MR) is 103 cm³/mol. The van der Waals surface area contributed by atoms with Crippen LogP contribution in [0.3, 0.4) is 0 Å². The number of nitrogens with zero attached hydrogens (tertiary/aromatic N) is 4. The van der Waals surface area contributed by atoms with E-state index in [-0.39, 0.29) is 17.1 Å². The van der Waals surface area contributed by atoms with Gasteiger partial charge in [0.2, 0.25) is 11.1 Å². The molecule has 0 aliphatic rings. The Bertz CT molecular complexity index is 1000. The molecule has 138 valence electrons. The molecule has 0 bridgehead atoms. The van der Waals surface area contributed by atoms with Crippen LogP contribution in [0, 0.1) is 17.0 Å². The number of nitrogens with one attached hydrogen (secondary N) is 1. The van der Waals surface area contributed by atoms with Gasteiger partial charge in [-0.05, 0) is 18.6 Å². The van der Waals surface area contributed by atoms with Crippen LogP contribution in [-0.2, 0) is 4.79 Å². The molecule has 1 heterocycles. The number of para-hydroxylation sites is 2. The molecule has 0 fully saturated rings. The van der Waals surface area contributed by atoms with Crippen LogP contribution >= 0.6 is 11.8 Å². The maximum Gasteiger partial charge on any atom is 0.292 e. The lowest BCUT2D eigenvalue weighted by Crippen LogP contribution is -2.17. The second kappa shape index (κ2) is 7.87. The van der Waals surface area contributed by atoms with Gasteiger partial charge in [-0.15, -0.1) is 10.2 Å². The summed E-state index contributed by atoms with van der Waals surface area (Å²) in [6.45, 7) is 1.94. The number of rotatable bonds is 6. The van der Waals surface area contributed by atoms with E-state index in [0.29, 0.717) is 11.0 Å². The zero-order chi connectivity index (χ0) is 19.4. The Morgan fingerprint density at radius 1 is 1.22 bits per heavy atom. The number of nitrogens with two attached hydrogens (primary N) is 1. The van der Waals surface area contributed by atoms with E-state index in [1.807, 2.05) is 31.2 Å². The molecule has 0 radical (unpaired) electrons. The number of carbonyl (C=O) groups is 1. The normalized spacial score (nSPS) is 10.6. The Balaban J connectivity index is 1.69. The van der Waals surface area contributed by atoms with Crippen molar-refractivity contribution in [1.29, 1.82) is 0 Å². The first-order valence-corrected chi connectivity index (χ1v) is 8.88. The van der Waals surface area contributed by atoms with Crippen molar-refractivity contribution in [3.63, 3.8) is 0 Å². The highest BCUT2D eigenvalue weighted by molar-refractivity contribution is 7.99. The maximum atomic E-state index is 12.1. The summed E-state index contributed by atoms with van der Waals surface area (Å²) in [5.74, 6) is 6.13. The largest absolute Gasteiger partial charge is 0.335 e. The van der Waals surface area contributed by atoms with Gasteiger partial charge in [0.15, 0.2) is 5.82 Å². The number of aryl methyl sites for hydroxylation is 1. The Labute approximate surface area is 158 Å². The van der Waals surface area contributed by atoms with E-state index in [0.717, 1.165) is 22.9 Å². The van der Waals surface area contributed by atoms with Gasteiger partial charge >= 0.3 is 0 Å². The van der Waals surface area contributed by atoms with Crippen LogP contribution < -0.4 is 11.2 Å². The van der Waals surface area contributed by atoms with Crippen LogP contribution in [-0.4, -0.2) is 31.5 Å². The van der Waals surface area contributed by atoms with Crippen LogP contribution in [0.25, 0.3) is 11.4 Å². The predicted octanol–water partition coefficient (Wildman–Crippen LogP) is 2.61. The van der Waals surface area contributed by atoms with Crippen LogP contribution in [0.5, 0.6) is 0 Å². The lowest BCUT2D eigenvalue weighted by Gasteiger charge is -2.07. The Morgan fingerprint density at radius 3 is 2.67 bits per heavy atom. The zero-order valence-corrected chi connectivity index (χ0v) is 15.1. The SMILES string of the molecule is Cc1ccccc1-c1nnc(SCC(=O)Nc2ccccc2[N+](=O)[O-])n1N. The van der Waals surface area contributed by atoms with Crippen LogP contribution in [0.15, 0.2) is 53.7 Å². The minimum absolute atomic E-state index is 0.0187. The zero-order valence-electron chi connectivity index (χ0n) is 14.3. The average molecular weight is 384 g/mol. The first-order valence-electron chi connectivity index (χ1n) is 7.90. The summed E-state index contributed by atoms with van der Waals surface area (Å²) in [4.78, 5) is 22.6. The fourth-order valence-corrected chi connectivity index (χ4v) is 3.09. The Kier molecular flexibility index (Phi) is 5.36. The minimum Gasteiger partial charge on any atom is -0.335 e. The number of carbonyl (C=O) groups excluding carboxylic acids is 1. The summed E-state index contributed by atoms with van der Waals surface area (Å²) < 4.78 is 1.32. The molecule has 10 heteroatoms. The third kappa shape index (κ3) is 4.06. The quantitative estimate of drug-likeness (QED) is 0.289. The molecule has 0 saturated carbocycles. The summed E-state index contributed by atoms with van der Waals surface area (Å²) in [6, 6.07) is 13.6. The number of hydrogen-bond donors (Lipinski definition) is 2. The van der Waals surface area contributed by atoms with Gasteiger partial charge < -0.3 is 11.2 Å². The Morgan fingerprint density at radius 2 is 1.93 bits per heavy atom.